The Labute approximate surface area is 122 Å². The van der Waals surface area contributed by atoms with Crippen LogP contribution < -0.4 is 14.8 Å². The quantitative estimate of drug-likeness (QED) is 0.794. The second kappa shape index (κ2) is 7.50. The lowest BCUT2D eigenvalue weighted by atomic mass is 9.94. The SMILES string of the molecule is CNC(CCC(C)(C)OC)c1cc(OC)cc(OC)c1. The topological polar surface area (TPSA) is 39.7 Å². The molecule has 0 aliphatic carbocycles. The van der Waals surface area contributed by atoms with Crippen molar-refractivity contribution in [1.29, 1.82) is 0 Å². The van der Waals surface area contributed by atoms with Crippen molar-refractivity contribution in [3.05, 3.63) is 23.8 Å². The second-order valence-electron chi connectivity index (χ2n) is 5.49. The standard InChI is InChI=1S/C16H27NO3/c1-16(2,20-6)8-7-15(17-3)12-9-13(18-4)11-14(10-12)19-5/h9-11,15,17H,7-8H2,1-6H3. The third kappa shape index (κ3) is 4.69. The summed E-state index contributed by atoms with van der Waals surface area (Å²) in [7, 11) is 7.06. The van der Waals surface area contributed by atoms with Crippen LogP contribution in [0.2, 0.25) is 0 Å². The first-order valence-electron chi connectivity index (χ1n) is 6.91. The highest BCUT2D eigenvalue weighted by molar-refractivity contribution is 5.39. The molecule has 0 aliphatic rings. The molecule has 1 aromatic carbocycles. The maximum Gasteiger partial charge on any atom is 0.122 e. The molecule has 1 N–H and O–H groups in total. The average Bonchev–Trinajstić information content (AvgIpc) is 2.47. The Balaban J connectivity index is 2.88. The van der Waals surface area contributed by atoms with E-state index in [1.54, 1.807) is 21.3 Å². The van der Waals surface area contributed by atoms with Crippen molar-refractivity contribution in [2.45, 2.75) is 38.3 Å². The summed E-state index contributed by atoms with van der Waals surface area (Å²) in [6.45, 7) is 4.21. The number of methoxy groups -OCH3 is 3. The van der Waals surface area contributed by atoms with Crippen LogP contribution in [0.5, 0.6) is 11.5 Å². The largest absolute Gasteiger partial charge is 0.497 e. The molecule has 4 nitrogen and oxygen atoms in total. The van der Waals surface area contributed by atoms with Crippen molar-refractivity contribution >= 4 is 0 Å². The number of rotatable bonds is 8. The Bertz CT molecular complexity index is 396. The van der Waals surface area contributed by atoms with Gasteiger partial charge in [0.1, 0.15) is 11.5 Å². The molecule has 0 radical (unpaired) electrons. The van der Waals surface area contributed by atoms with Crippen LogP contribution in [-0.4, -0.2) is 34.0 Å². The van der Waals surface area contributed by atoms with Crippen molar-refractivity contribution < 1.29 is 14.2 Å². The van der Waals surface area contributed by atoms with Gasteiger partial charge in [0.05, 0.1) is 19.8 Å². The van der Waals surface area contributed by atoms with E-state index in [2.05, 4.69) is 19.2 Å². The van der Waals surface area contributed by atoms with Gasteiger partial charge < -0.3 is 19.5 Å². The monoisotopic (exact) mass is 281 g/mol. The Morgan fingerprint density at radius 1 is 1.05 bits per heavy atom. The molecule has 0 saturated heterocycles. The molecule has 0 heterocycles. The summed E-state index contributed by atoms with van der Waals surface area (Å²) in [4.78, 5) is 0. The third-order valence-corrected chi connectivity index (χ3v) is 3.71. The molecule has 20 heavy (non-hydrogen) atoms. The molecule has 0 aromatic heterocycles. The summed E-state index contributed by atoms with van der Waals surface area (Å²) >= 11 is 0. The maximum atomic E-state index is 5.48. The highest BCUT2D eigenvalue weighted by Gasteiger charge is 2.20. The highest BCUT2D eigenvalue weighted by atomic mass is 16.5. The first-order chi connectivity index (χ1) is 9.45. The molecule has 1 rings (SSSR count). The van der Waals surface area contributed by atoms with Crippen LogP contribution >= 0.6 is 0 Å². The van der Waals surface area contributed by atoms with Crippen LogP contribution in [0.1, 0.15) is 38.3 Å². The molecule has 0 amide bonds. The van der Waals surface area contributed by atoms with E-state index in [9.17, 15) is 0 Å². The van der Waals surface area contributed by atoms with Crippen LogP contribution in [0.3, 0.4) is 0 Å². The van der Waals surface area contributed by atoms with Gasteiger partial charge in [-0.25, -0.2) is 0 Å². The lowest BCUT2D eigenvalue weighted by Crippen LogP contribution is -2.26. The van der Waals surface area contributed by atoms with E-state index in [0.717, 1.165) is 29.9 Å². The van der Waals surface area contributed by atoms with Crippen molar-refractivity contribution in [3.63, 3.8) is 0 Å². The molecule has 0 spiro atoms. The molecule has 1 atom stereocenters. The number of benzene rings is 1. The number of nitrogens with one attached hydrogen (secondary N) is 1. The van der Waals surface area contributed by atoms with Crippen molar-refractivity contribution in [1.82, 2.24) is 5.32 Å². The van der Waals surface area contributed by atoms with Gasteiger partial charge in [0.2, 0.25) is 0 Å². The van der Waals surface area contributed by atoms with Gasteiger partial charge in [0.15, 0.2) is 0 Å². The summed E-state index contributed by atoms with van der Waals surface area (Å²) in [5.74, 6) is 1.62. The maximum absolute atomic E-state index is 5.48. The molecule has 114 valence electrons. The number of hydrogen-bond donors (Lipinski definition) is 1. The van der Waals surface area contributed by atoms with Crippen LogP contribution in [0, 0.1) is 0 Å². The smallest absolute Gasteiger partial charge is 0.122 e. The fraction of sp³-hybridized carbons (Fsp3) is 0.625. The van der Waals surface area contributed by atoms with Gasteiger partial charge in [0.25, 0.3) is 0 Å². The zero-order valence-corrected chi connectivity index (χ0v) is 13.4. The van der Waals surface area contributed by atoms with E-state index < -0.39 is 0 Å². The molecular formula is C16H27NO3. The summed E-state index contributed by atoms with van der Waals surface area (Å²) < 4.78 is 16.1. The average molecular weight is 281 g/mol. The van der Waals surface area contributed by atoms with Crippen LogP contribution in [0.15, 0.2) is 18.2 Å². The minimum Gasteiger partial charge on any atom is -0.497 e. The lowest BCUT2D eigenvalue weighted by molar-refractivity contribution is 0.0118. The van der Waals surface area contributed by atoms with E-state index in [0.29, 0.717) is 0 Å². The molecule has 1 aromatic rings. The van der Waals surface area contributed by atoms with Crippen LogP contribution in [0.25, 0.3) is 0 Å². The molecule has 0 saturated carbocycles. The molecule has 4 heteroatoms. The zero-order chi connectivity index (χ0) is 15.2. The van der Waals surface area contributed by atoms with Gasteiger partial charge in [-0.05, 0) is 51.4 Å². The summed E-state index contributed by atoms with van der Waals surface area (Å²) in [6, 6.07) is 6.22. The third-order valence-electron chi connectivity index (χ3n) is 3.71. The van der Waals surface area contributed by atoms with Crippen molar-refractivity contribution in [3.8, 4) is 11.5 Å². The predicted octanol–water partition coefficient (Wildman–Crippen LogP) is 3.17. The first kappa shape index (κ1) is 16.8. The van der Waals surface area contributed by atoms with E-state index in [1.807, 2.05) is 25.2 Å². The summed E-state index contributed by atoms with van der Waals surface area (Å²) in [6.07, 6.45) is 1.95. The Hall–Kier alpha value is -1.26. The van der Waals surface area contributed by atoms with Gasteiger partial charge in [-0.3, -0.25) is 0 Å². The van der Waals surface area contributed by atoms with E-state index >= 15 is 0 Å². The van der Waals surface area contributed by atoms with Gasteiger partial charge >= 0.3 is 0 Å². The van der Waals surface area contributed by atoms with E-state index in [4.69, 9.17) is 14.2 Å². The fourth-order valence-electron chi connectivity index (χ4n) is 2.10. The molecular weight excluding hydrogens is 254 g/mol. The normalized spacial score (nSPS) is 13.1. The highest BCUT2D eigenvalue weighted by Crippen LogP contribution is 2.30. The predicted molar refractivity (Wildman–Crippen MR) is 81.7 cm³/mol. The Morgan fingerprint density at radius 3 is 2.00 bits per heavy atom. The summed E-state index contributed by atoms with van der Waals surface area (Å²) in [5, 5.41) is 3.35. The molecule has 1 unspecified atom stereocenters. The van der Waals surface area contributed by atoms with Crippen molar-refractivity contribution in [2.75, 3.05) is 28.4 Å². The molecule has 0 bridgehead atoms. The Morgan fingerprint density at radius 2 is 1.60 bits per heavy atom. The van der Waals surface area contributed by atoms with E-state index in [-0.39, 0.29) is 11.6 Å². The van der Waals surface area contributed by atoms with Crippen LogP contribution in [-0.2, 0) is 4.74 Å². The lowest BCUT2D eigenvalue weighted by Gasteiger charge is -2.26. The molecule has 0 fully saturated rings. The number of ether oxygens (including phenoxy) is 3. The van der Waals surface area contributed by atoms with Gasteiger partial charge in [-0.15, -0.1) is 0 Å². The van der Waals surface area contributed by atoms with Crippen LogP contribution in [0.4, 0.5) is 0 Å². The van der Waals surface area contributed by atoms with E-state index in [1.165, 1.54) is 0 Å². The first-order valence-corrected chi connectivity index (χ1v) is 6.91. The Kier molecular flexibility index (Phi) is 6.30. The minimum atomic E-state index is -0.113. The zero-order valence-electron chi connectivity index (χ0n) is 13.4. The number of hydrogen-bond acceptors (Lipinski definition) is 4. The van der Waals surface area contributed by atoms with Gasteiger partial charge in [-0.1, -0.05) is 0 Å². The fourth-order valence-corrected chi connectivity index (χ4v) is 2.10. The molecule has 0 aliphatic heterocycles. The van der Waals surface area contributed by atoms with Gasteiger partial charge in [-0.2, -0.15) is 0 Å². The minimum absolute atomic E-state index is 0.113. The van der Waals surface area contributed by atoms with Crippen molar-refractivity contribution in [2.24, 2.45) is 0 Å². The second-order valence-corrected chi connectivity index (χ2v) is 5.49. The summed E-state index contributed by atoms with van der Waals surface area (Å²) in [5.41, 5.74) is 1.05. The van der Waals surface area contributed by atoms with Gasteiger partial charge in [0, 0.05) is 19.2 Å².